The SMILES string of the molecule is N[C@@H](CNC(=O)[C@H](Cc1ccccc1)NC(=O)[C@H](Cc1ccccc1)NC(=O)CCCCCCCNC(=O)CC[C@H](NC(=O)N[C@@H](CCC(=O)O)C(=O)O)C(=O)O)C(=O)N[C@@H](CC(=O)O)C(=O)N[C@@H](CS)C(=O)O. The third-order valence-electron chi connectivity index (χ3n) is 10.9. The molecule has 2 aromatic carbocycles. The summed E-state index contributed by atoms with van der Waals surface area (Å²) in [5, 5.41) is 64.9. The summed E-state index contributed by atoms with van der Waals surface area (Å²) in [6, 6.07) is 5.93. The second-order valence-corrected chi connectivity index (χ2v) is 17.3. The van der Waals surface area contributed by atoms with E-state index in [9.17, 15) is 78.0 Å². The third-order valence-corrected chi connectivity index (χ3v) is 11.3. The van der Waals surface area contributed by atoms with Crippen molar-refractivity contribution < 1.29 is 83.1 Å². The highest BCUT2D eigenvalue weighted by Crippen LogP contribution is 2.10. The summed E-state index contributed by atoms with van der Waals surface area (Å²) in [4.78, 5) is 148. The molecule has 8 amide bonds. The fourth-order valence-corrected chi connectivity index (χ4v) is 7.12. The summed E-state index contributed by atoms with van der Waals surface area (Å²) in [6.45, 7) is -0.293. The molecule has 0 fully saturated rings. The van der Waals surface area contributed by atoms with Crippen LogP contribution >= 0.6 is 12.6 Å². The molecule has 0 bridgehead atoms. The van der Waals surface area contributed by atoms with Crippen molar-refractivity contribution in [3.05, 3.63) is 71.8 Å². The van der Waals surface area contributed by atoms with E-state index in [0.29, 0.717) is 43.2 Å². The number of benzene rings is 2. The molecule has 15 N–H and O–H groups in total. The van der Waals surface area contributed by atoms with Crippen molar-refractivity contribution in [1.29, 1.82) is 0 Å². The molecular weight excluding hydrogens is 995 g/mol. The number of carbonyl (C=O) groups excluding carboxylic acids is 7. The van der Waals surface area contributed by atoms with Gasteiger partial charge in [0, 0.05) is 50.9 Å². The predicted octanol–water partition coefficient (Wildman–Crippen LogP) is -1.35. The van der Waals surface area contributed by atoms with Crippen LogP contribution < -0.4 is 48.3 Å². The van der Waals surface area contributed by atoms with Crippen LogP contribution in [0.2, 0.25) is 0 Å². The van der Waals surface area contributed by atoms with Gasteiger partial charge in [-0.2, -0.15) is 12.6 Å². The van der Waals surface area contributed by atoms with Crippen LogP contribution in [0.5, 0.6) is 0 Å². The second kappa shape index (κ2) is 33.8. The number of hydrogen-bond donors (Lipinski definition) is 15. The van der Waals surface area contributed by atoms with Crippen molar-refractivity contribution in [2.45, 2.75) is 126 Å². The minimum Gasteiger partial charge on any atom is -0.481 e. The van der Waals surface area contributed by atoms with Crippen LogP contribution in [0.1, 0.15) is 81.8 Å². The van der Waals surface area contributed by atoms with Gasteiger partial charge in [0.25, 0.3) is 0 Å². The molecule has 2 aromatic rings. The Balaban J connectivity index is 1.95. The predicted molar refractivity (Wildman–Crippen MR) is 264 cm³/mol. The highest BCUT2D eigenvalue weighted by Gasteiger charge is 2.32. The Morgan fingerprint density at radius 2 is 0.932 bits per heavy atom. The van der Waals surface area contributed by atoms with E-state index in [0.717, 1.165) is 0 Å². The summed E-state index contributed by atoms with van der Waals surface area (Å²) in [5.41, 5.74) is 7.34. The quantitative estimate of drug-likeness (QED) is 0.0277. The Kier molecular flexibility index (Phi) is 28.4. The molecule has 26 nitrogen and oxygen atoms in total. The number of carboxylic acids is 5. The summed E-state index contributed by atoms with van der Waals surface area (Å²) in [5.74, 6) is -12.2. The molecule has 0 aliphatic rings. The number of nitrogens with one attached hydrogen (secondary N) is 8. The lowest BCUT2D eigenvalue weighted by atomic mass is 10.0. The zero-order valence-electron chi connectivity index (χ0n) is 40.3. The summed E-state index contributed by atoms with van der Waals surface area (Å²) in [7, 11) is 0. The van der Waals surface area contributed by atoms with Crippen molar-refractivity contribution in [3.8, 4) is 0 Å². The number of rotatable bonds is 36. The van der Waals surface area contributed by atoms with Crippen molar-refractivity contribution in [2.75, 3.05) is 18.8 Å². The van der Waals surface area contributed by atoms with Crippen molar-refractivity contribution in [3.63, 3.8) is 0 Å². The molecule has 0 saturated heterocycles. The minimum atomic E-state index is -1.73. The van der Waals surface area contributed by atoms with Crippen molar-refractivity contribution in [1.82, 2.24) is 42.5 Å². The third kappa shape index (κ3) is 25.5. The number of amides is 8. The van der Waals surface area contributed by atoms with Gasteiger partial charge in [0.2, 0.25) is 35.4 Å². The normalized spacial score (nSPS) is 13.6. The van der Waals surface area contributed by atoms with Crippen molar-refractivity contribution >= 4 is 83.9 Å². The molecule has 7 atom stereocenters. The Bertz CT molecular complexity index is 2240. The van der Waals surface area contributed by atoms with E-state index >= 15 is 0 Å². The fourth-order valence-electron chi connectivity index (χ4n) is 6.88. The number of thiol groups is 1. The standard InChI is InChI=1S/C47H65N9O17S/c48-29(40(63)52-34(24-39(61)62)43(66)54-35(26-74)46(71)72)25-50-41(64)32(22-27-12-6-4-7-13-27)53-42(65)33(23-28-14-8-5-9-15-28)51-37(58)16-10-2-1-3-11-21-49-36(57)19-17-30(44(67)68)55-47(73)56-31(45(69)70)18-20-38(59)60/h4-9,12-15,29-35,74H,1-3,10-11,16-26,48H2,(H,49,57)(H,50,64)(H,51,58)(H,52,63)(H,53,65)(H,54,66)(H,59,60)(H,61,62)(H,67,68)(H,69,70)(H,71,72)(H2,55,56,73)/t29-,30-,31-,32-,33-,34-,35-/m0/s1. The molecule has 0 radical (unpaired) electrons. The average Bonchev–Trinajstić information content (AvgIpc) is 3.34. The van der Waals surface area contributed by atoms with E-state index in [4.69, 9.17) is 10.8 Å². The van der Waals surface area contributed by atoms with Crippen LogP contribution in [-0.2, 0) is 65.6 Å². The smallest absolute Gasteiger partial charge is 0.327 e. The zero-order chi connectivity index (χ0) is 55.2. The van der Waals surface area contributed by atoms with Gasteiger partial charge in [-0.25, -0.2) is 19.2 Å². The molecule has 2 rings (SSSR count). The molecular formula is C47H65N9O17S. The van der Waals surface area contributed by atoms with Gasteiger partial charge >= 0.3 is 35.9 Å². The molecule has 0 aliphatic heterocycles. The van der Waals surface area contributed by atoms with Gasteiger partial charge in [-0.05, 0) is 36.8 Å². The first-order valence-electron chi connectivity index (χ1n) is 23.5. The van der Waals surface area contributed by atoms with Crippen LogP contribution in [0.15, 0.2) is 60.7 Å². The van der Waals surface area contributed by atoms with Crippen LogP contribution in [0, 0.1) is 0 Å². The number of urea groups is 1. The van der Waals surface area contributed by atoms with Crippen molar-refractivity contribution in [2.24, 2.45) is 5.73 Å². The van der Waals surface area contributed by atoms with Gasteiger partial charge in [-0.3, -0.25) is 38.4 Å². The average molecular weight is 1060 g/mol. The van der Waals surface area contributed by atoms with E-state index in [1.165, 1.54) is 0 Å². The van der Waals surface area contributed by atoms with Crippen LogP contribution in [0.4, 0.5) is 4.79 Å². The number of carboxylic acid groups (broad SMARTS) is 5. The fraction of sp³-hybridized carbons (Fsp3) is 0.489. The first kappa shape index (κ1) is 62.3. The molecule has 27 heteroatoms. The number of aliphatic carboxylic acids is 5. The van der Waals surface area contributed by atoms with Gasteiger partial charge < -0.3 is 73.8 Å². The molecule has 0 saturated carbocycles. The monoisotopic (exact) mass is 1060 g/mol. The summed E-state index contributed by atoms with van der Waals surface area (Å²) in [6.07, 6.45) is 0.462. The van der Waals surface area contributed by atoms with Crippen LogP contribution in [0.3, 0.4) is 0 Å². The lowest BCUT2D eigenvalue weighted by molar-refractivity contribution is -0.143. The van der Waals surface area contributed by atoms with Gasteiger partial charge in [0.05, 0.1) is 6.42 Å². The van der Waals surface area contributed by atoms with Crippen LogP contribution in [-0.4, -0.2) is 158 Å². The van der Waals surface area contributed by atoms with Gasteiger partial charge in [0.1, 0.15) is 42.3 Å². The molecule has 74 heavy (non-hydrogen) atoms. The minimum absolute atomic E-state index is 0.0349. The molecule has 0 aliphatic carbocycles. The van der Waals surface area contributed by atoms with E-state index in [1.807, 2.05) is 5.32 Å². The summed E-state index contributed by atoms with van der Waals surface area (Å²) < 4.78 is 0. The maximum Gasteiger partial charge on any atom is 0.327 e. The number of carbonyl (C=O) groups is 12. The first-order chi connectivity index (χ1) is 35.1. The van der Waals surface area contributed by atoms with E-state index in [1.54, 1.807) is 60.7 Å². The lowest BCUT2D eigenvalue weighted by Gasteiger charge is -2.24. The van der Waals surface area contributed by atoms with E-state index in [2.05, 4.69) is 49.8 Å². The Hall–Kier alpha value is -7.81. The number of unbranched alkanes of at least 4 members (excludes halogenated alkanes) is 4. The van der Waals surface area contributed by atoms with Gasteiger partial charge in [-0.15, -0.1) is 0 Å². The van der Waals surface area contributed by atoms with E-state index < -0.39 is 139 Å². The van der Waals surface area contributed by atoms with Crippen LogP contribution in [0.25, 0.3) is 0 Å². The molecule has 0 unspecified atom stereocenters. The second-order valence-electron chi connectivity index (χ2n) is 16.9. The van der Waals surface area contributed by atoms with E-state index in [-0.39, 0.29) is 44.4 Å². The van der Waals surface area contributed by atoms with Gasteiger partial charge in [-0.1, -0.05) is 79.9 Å². The van der Waals surface area contributed by atoms with Gasteiger partial charge in [0.15, 0.2) is 0 Å². The molecule has 0 spiro atoms. The molecule has 406 valence electrons. The molecule has 0 heterocycles. The largest absolute Gasteiger partial charge is 0.481 e. The maximum absolute atomic E-state index is 14.0. The Morgan fingerprint density at radius 1 is 0.459 bits per heavy atom. The zero-order valence-corrected chi connectivity index (χ0v) is 41.2. The number of nitrogens with two attached hydrogens (primary N) is 1. The Labute approximate surface area is 430 Å². The highest BCUT2D eigenvalue weighted by molar-refractivity contribution is 7.80. The lowest BCUT2D eigenvalue weighted by Crippen LogP contribution is -2.58. The number of hydrogen-bond acceptors (Lipinski definition) is 14. The molecule has 0 aromatic heterocycles. The first-order valence-corrected chi connectivity index (χ1v) is 24.1. The highest BCUT2D eigenvalue weighted by atomic mass is 32.1. The topological polar surface area (TPSA) is 428 Å². The maximum atomic E-state index is 14.0. The Morgan fingerprint density at radius 3 is 1.45 bits per heavy atom. The summed E-state index contributed by atoms with van der Waals surface area (Å²) >= 11 is 3.85.